The Labute approximate surface area is 176 Å². The SMILES string of the molecule is Cc1nn(-c2ncnc3sccc23)c(C)c1Sc1nnc2c3ccsc3ncn12. The molecule has 6 rings (SSSR count). The molecule has 0 radical (unpaired) electrons. The number of thiophene rings is 2. The zero-order chi connectivity index (χ0) is 19.5. The van der Waals surface area contributed by atoms with Crippen molar-refractivity contribution in [2.45, 2.75) is 23.9 Å². The van der Waals surface area contributed by atoms with E-state index in [1.807, 2.05) is 45.8 Å². The third-order valence-corrected chi connectivity index (χ3v) is 7.60. The van der Waals surface area contributed by atoms with Crippen LogP contribution in [-0.2, 0) is 0 Å². The largest absolute Gasteiger partial charge is 0.259 e. The van der Waals surface area contributed by atoms with Crippen molar-refractivity contribution in [3.63, 3.8) is 0 Å². The number of aromatic nitrogens is 8. The molecule has 29 heavy (non-hydrogen) atoms. The summed E-state index contributed by atoms with van der Waals surface area (Å²) in [6.45, 7) is 4.04. The van der Waals surface area contributed by atoms with Gasteiger partial charge in [-0.2, -0.15) is 5.10 Å². The Hall–Kier alpha value is -2.89. The third-order valence-electron chi connectivity index (χ3n) is 4.70. The second-order valence-electron chi connectivity index (χ2n) is 6.41. The van der Waals surface area contributed by atoms with Crippen molar-refractivity contribution in [1.82, 2.24) is 39.3 Å². The van der Waals surface area contributed by atoms with E-state index in [2.05, 4.69) is 25.1 Å². The van der Waals surface area contributed by atoms with E-state index in [4.69, 9.17) is 5.10 Å². The van der Waals surface area contributed by atoms with Gasteiger partial charge in [-0.15, -0.1) is 32.9 Å². The molecular weight excluding hydrogens is 424 g/mol. The highest BCUT2D eigenvalue weighted by Crippen LogP contribution is 2.35. The lowest BCUT2D eigenvalue weighted by atomic mass is 10.3. The number of hydrogen-bond donors (Lipinski definition) is 0. The lowest BCUT2D eigenvalue weighted by Gasteiger charge is -2.05. The molecule has 0 aliphatic carbocycles. The van der Waals surface area contributed by atoms with Gasteiger partial charge < -0.3 is 0 Å². The lowest BCUT2D eigenvalue weighted by Crippen LogP contribution is -2.02. The molecular formula is C18H12N8S3. The Bertz CT molecular complexity index is 1520. The molecule has 0 saturated heterocycles. The van der Waals surface area contributed by atoms with Crippen LogP contribution in [0, 0.1) is 13.8 Å². The first-order valence-corrected chi connectivity index (χ1v) is 11.3. The quantitative estimate of drug-likeness (QED) is 0.409. The minimum atomic E-state index is 0.759. The van der Waals surface area contributed by atoms with Gasteiger partial charge in [0.15, 0.2) is 11.5 Å². The Kier molecular flexibility index (Phi) is 3.70. The summed E-state index contributed by atoms with van der Waals surface area (Å²) < 4.78 is 3.81. The molecule has 0 aliphatic heterocycles. The Morgan fingerprint density at radius 2 is 1.72 bits per heavy atom. The van der Waals surface area contributed by atoms with Crippen LogP contribution in [0.4, 0.5) is 0 Å². The molecule has 0 aliphatic rings. The molecule has 0 saturated carbocycles. The smallest absolute Gasteiger partial charge is 0.201 e. The summed E-state index contributed by atoms with van der Waals surface area (Å²) >= 11 is 4.73. The summed E-state index contributed by atoms with van der Waals surface area (Å²) in [5, 5.41) is 20.4. The number of fused-ring (bicyclic) bond motifs is 4. The number of hydrogen-bond acceptors (Lipinski definition) is 9. The van der Waals surface area contributed by atoms with Gasteiger partial charge in [0.25, 0.3) is 0 Å². The number of nitrogens with zero attached hydrogens (tertiary/aromatic N) is 8. The van der Waals surface area contributed by atoms with Crippen LogP contribution in [0.3, 0.4) is 0 Å². The van der Waals surface area contributed by atoms with E-state index in [9.17, 15) is 0 Å². The fourth-order valence-corrected chi connectivity index (χ4v) is 5.71. The van der Waals surface area contributed by atoms with E-state index < -0.39 is 0 Å². The monoisotopic (exact) mass is 436 g/mol. The van der Waals surface area contributed by atoms with Crippen molar-refractivity contribution in [1.29, 1.82) is 0 Å². The van der Waals surface area contributed by atoms with E-state index in [0.29, 0.717) is 0 Å². The summed E-state index contributed by atoms with van der Waals surface area (Å²) in [5.41, 5.74) is 2.73. The molecule has 8 nitrogen and oxygen atoms in total. The number of rotatable bonds is 3. The molecule has 0 atom stereocenters. The zero-order valence-electron chi connectivity index (χ0n) is 15.3. The molecule has 6 heterocycles. The highest BCUT2D eigenvalue weighted by Gasteiger charge is 2.20. The van der Waals surface area contributed by atoms with Gasteiger partial charge in [-0.05, 0) is 48.5 Å². The molecule has 0 fully saturated rings. The lowest BCUT2D eigenvalue weighted by molar-refractivity contribution is 0.809. The Balaban J connectivity index is 1.47. The highest BCUT2D eigenvalue weighted by molar-refractivity contribution is 7.99. The van der Waals surface area contributed by atoms with Gasteiger partial charge in [0.05, 0.1) is 27.1 Å². The van der Waals surface area contributed by atoms with Gasteiger partial charge in [0.2, 0.25) is 5.16 Å². The molecule has 6 aromatic heterocycles. The predicted molar refractivity (Wildman–Crippen MR) is 114 cm³/mol. The fourth-order valence-electron chi connectivity index (χ4n) is 3.34. The van der Waals surface area contributed by atoms with Crippen LogP contribution < -0.4 is 0 Å². The van der Waals surface area contributed by atoms with Crippen LogP contribution in [0.1, 0.15) is 11.4 Å². The third kappa shape index (κ3) is 2.51. The Morgan fingerprint density at radius 3 is 2.59 bits per heavy atom. The predicted octanol–water partition coefficient (Wildman–Crippen LogP) is 4.30. The average molecular weight is 437 g/mol. The summed E-state index contributed by atoms with van der Waals surface area (Å²) in [4.78, 5) is 16.3. The molecule has 0 spiro atoms. The molecule has 0 N–H and O–H groups in total. The van der Waals surface area contributed by atoms with Crippen molar-refractivity contribution >= 4 is 60.5 Å². The fraction of sp³-hybridized carbons (Fsp3) is 0.111. The summed E-state index contributed by atoms with van der Waals surface area (Å²) in [7, 11) is 0. The van der Waals surface area contributed by atoms with Crippen molar-refractivity contribution in [2.75, 3.05) is 0 Å². The van der Waals surface area contributed by atoms with Gasteiger partial charge in [-0.25, -0.2) is 19.6 Å². The molecule has 0 unspecified atom stereocenters. The van der Waals surface area contributed by atoms with Crippen LogP contribution in [0.2, 0.25) is 0 Å². The van der Waals surface area contributed by atoms with E-state index in [1.54, 1.807) is 35.3 Å². The molecule has 0 bridgehead atoms. The van der Waals surface area contributed by atoms with Crippen LogP contribution >= 0.6 is 34.4 Å². The summed E-state index contributed by atoms with van der Waals surface area (Å²) in [6, 6.07) is 4.06. The standard InChI is InChI=1S/C18H12N8S3/c1-9-13(10(2)26(24-9)14-11-3-5-27-16(11)20-7-19-14)29-18-23-22-15-12-4-6-28-17(12)21-8-25(15)18/h3-8H,1-2H3. The van der Waals surface area contributed by atoms with Crippen molar-refractivity contribution in [2.24, 2.45) is 0 Å². The Morgan fingerprint density at radius 1 is 0.931 bits per heavy atom. The van der Waals surface area contributed by atoms with Crippen LogP contribution in [0.5, 0.6) is 0 Å². The molecule has 0 aromatic carbocycles. The van der Waals surface area contributed by atoms with E-state index in [0.717, 1.165) is 53.3 Å². The van der Waals surface area contributed by atoms with Crippen molar-refractivity contribution in [3.05, 3.63) is 46.9 Å². The van der Waals surface area contributed by atoms with Crippen LogP contribution in [-0.4, -0.2) is 39.3 Å². The first-order chi connectivity index (χ1) is 14.2. The molecule has 11 heteroatoms. The van der Waals surface area contributed by atoms with E-state index in [-0.39, 0.29) is 0 Å². The minimum Gasteiger partial charge on any atom is -0.259 e. The second-order valence-corrected chi connectivity index (χ2v) is 9.18. The minimum absolute atomic E-state index is 0.759. The molecule has 142 valence electrons. The van der Waals surface area contributed by atoms with Crippen molar-refractivity contribution in [3.8, 4) is 5.82 Å². The summed E-state index contributed by atoms with van der Waals surface area (Å²) in [6.07, 6.45) is 3.37. The first-order valence-electron chi connectivity index (χ1n) is 8.70. The molecule has 6 aromatic rings. The van der Waals surface area contributed by atoms with Gasteiger partial charge in [-0.1, -0.05) is 0 Å². The van der Waals surface area contributed by atoms with Crippen LogP contribution in [0.15, 0.2) is 45.6 Å². The zero-order valence-corrected chi connectivity index (χ0v) is 17.7. The van der Waals surface area contributed by atoms with Gasteiger partial charge in [-0.3, -0.25) is 4.40 Å². The maximum atomic E-state index is 4.75. The maximum Gasteiger partial charge on any atom is 0.201 e. The van der Waals surface area contributed by atoms with Crippen LogP contribution in [0.25, 0.3) is 31.9 Å². The average Bonchev–Trinajstić information content (AvgIpc) is 3.50. The van der Waals surface area contributed by atoms with Gasteiger partial charge in [0.1, 0.15) is 22.3 Å². The first kappa shape index (κ1) is 17.0. The van der Waals surface area contributed by atoms with Gasteiger partial charge in [0, 0.05) is 0 Å². The summed E-state index contributed by atoms with van der Waals surface area (Å²) in [5.74, 6) is 0.788. The van der Waals surface area contributed by atoms with E-state index in [1.165, 1.54) is 11.8 Å². The van der Waals surface area contributed by atoms with Crippen molar-refractivity contribution < 1.29 is 0 Å². The topological polar surface area (TPSA) is 86.7 Å². The maximum absolute atomic E-state index is 4.75. The van der Waals surface area contributed by atoms with Gasteiger partial charge >= 0.3 is 0 Å². The molecule has 0 amide bonds. The highest BCUT2D eigenvalue weighted by atomic mass is 32.2. The second kappa shape index (κ2) is 6.31. The van der Waals surface area contributed by atoms with E-state index >= 15 is 0 Å². The normalized spacial score (nSPS) is 11.9. The number of aryl methyl sites for hydroxylation is 1.